The molecule has 0 saturated carbocycles. The van der Waals surface area contributed by atoms with Crippen molar-refractivity contribution in [3.05, 3.63) is 59.7 Å². The number of anilines is 1. The minimum absolute atomic E-state index is 0.0300. The van der Waals surface area contributed by atoms with Gasteiger partial charge in [-0.2, -0.15) is 5.26 Å². The van der Waals surface area contributed by atoms with Gasteiger partial charge in [0.05, 0.1) is 18.2 Å². The number of piperazine rings is 1. The first-order valence-electron chi connectivity index (χ1n) is 11.7. The molecular weight excluding hydrogens is 400 g/mol. The number of piperidine rings is 1. The number of nitrogens with zero attached hydrogens (tertiary/aromatic N) is 4. The quantitative estimate of drug-likeness (QED) is 0.623. The molecule has 2 aromatic carbocycles. The molecular formula is C26H32N4O2. The lowest BCUT2D eigenvalue weighted by atomic mass is 10.1. The van der Waals surface area contributed by atoms with E-state index in [1.54, 1.807) is 24.3 Å². The van der Waals surface area contributed by atoms with Crippen molar-refractivity contribution in [1.29, 1.82) is 5.26 Å². The zero-order valence-corrected chi connectivity index (χ0v) is 18.7. The molecule has 6 heteroatoms. The lowest BCUT2D eigenvalue weighted by Crippen LogP contribution is -2.48. The summed E-state index contributed by atoms with van der Waals surface area (Å²) in [7, 11) is 0. The normalized spacial score (nSPS) is 17.1. The molecule has 0 N–H and O–H groups in total. The van der Waals surface area contributed by atoms with Gasteiger partial charge in [-0.05, 0) is 80.9 Å². The lowest BCUT2D eigenvalue weighted by Gasteiger charge is -2.36. The van der Waals surface area contributed by atoms with Crippen LogP contribution in [0.3, 0.4) is 0 Å². The summed E-state index contributed by atoms with van der Waals surface area (Å²) in [4.78, 5) is 19.5. The van der Waals surface area contributed by atoms with E-state index in [1.807, 2.05) is 17.0 Å². The number of nitriles is 1. The number of carbonyl (C=O) groups is 1. The van der Waals surface area contributed by atoms with Crippen LogP contribution in [0.1, 0.15) is 41.6 Å². The van der Waals surface area contributed by atoms with Gasteiger partial charge in [0.1, 0.15) is 5.75 Å². The molecule has 2 heterocycles. The second-order valence-corrected chi connectivity index (χ2v) is 8.57. The van der Waals surface area contributed by atoms with E-state index < -0.39 is 0 Å². The molecule has 2 saturated heterocycles. The van der Waals surface area contributed by atoms with Gasteiger partial charge in [-0.3, -0.25) is 4.79 Å². The predicted octanol–water partition coefficient (Wildman–Crippen LogP) is 3.78. The average molecular weight is 433 g/mol. The minimum atomic E-state index is 0.0300. The van der Waals surface area contributed by atoms with Crippen molar-refractivity contribution in [3.63, 3.8) is 0 Å². The third-order valence-electron chi connectivity index (χ3n) is 6.37. The Morgan fingerprint density at radius 3 is 2.22 bits per heavy atom. The molecule has 0 radical (unpaired) electrons. The molecule has 4 rings (SSSR count). The number of hydrogen-bond acceptors (Lipinski definition) is 5. The molecule has 2 aromatic rings. The van der Waals surface area contributed by atoms with Gasteiger partial charge < -0.3 is 19.4 Å². The van der Waals surface area contributed by atoms with E-state index in [4.69, 9.17) is 10.00 Å². The maximum Gasteiger partial charge on any atom is 0.253 e. The fraction of sp³-hybridized carbons (Fsp3) is 0.462. The maximum atomic E-state index is 12.7. The van der Waals surface area contributed by atoms with Gasteiger partial charge in [0.2, 0.25) is 0 Å². The molecule has 6 nitrogen and oxygen atoms in total. The third kappa shape index (κ3) is 5.80. The van der Waals surface area contributed by atoms with Crippen molar-refractivity contribution < 1.29 is 9.53 Å². The van der Waals surface area contributed by atoms with Gasteiger partial charge in [0.25, 0.3) is 5.91 Å². The molecule has 0 unspecified atom stereocenters. The standard InChI is InChI=1S/C26H32N4O2/c27-21-22-5-7-23(8-6-22)26(31)30-18-16-29(17-19-30)24-9-11-25(12-10-24)32-20-4-15-28-13-2-1-3-14-28/h5-12H,1-4,13-20H2. The highest BCUT2D eigenvalue weighted by Crippen LogP contribution is 2.22. The van der Waals surface area contributed by atoms with E-state index in [-0.39, 0.29) is 5.91 Å². The highest BCUT2D eigenvalue weighted by Gasteiger charge is 2.22. The minimum Gasteiger partial charge on any atom is -0.494 e. The Hall–Kier alpha value is -3.04. The van der Waals surface area contributed by atoms with Crippen LogP contribution in [-0.2, 0) is 0 Å². The molecule has 32 heavy (non-hydrogen) atoms. The van der Waals surface area contributed by atoms with Crippen molar-refractivity contribution in [2.45, 2.75) is 25.7 Å². The Bertz CT molecular complexity index is 906. The molecule has 2 aliphatic heterocycles. The maximum absolute atomic E-state index is 12.7. The van der Waals surface area contributed by atoms with Gasteiger partial charge >= 0.3 is 0 Å². The fourth-order valence-corrected chi connectivity index (χ4v) is 4.45. The van der Waals surface area contributed by atoms with Gasteiger partial charge in [-0.1, -0.05) is 6.42 Å². The number of carbonyl (C=O) groups excluding carboxylic acids is 1. The lowest BCUT2D eigenvalue weighted by molar-refractivity contribution is 0.0747. The van der Waals surface area contributed by atoms with Gasteiger partial charge in [0.15, 0.2) is 0 Å². The Kier molecular flexibility index (Phi) is 7.63. The summed E-state index contributed by atoms with van der Waals surface area (Å²) < 4.78 is 5.94. The molecule has 0 aliphatic carbocycles. The number of amides is 1. The first-order chi connectivity index (χ1) is 15.7. The van der Waals surface area contributed by atoms with Crippen LogP contribution in [0.5, 0.6) is 5.75 Å². The molecule has 0 atom stereocenters. The average Bonchev–Trinajstić information content (AvgIpc) is 2.87. The molecule has 2 aliphatic rings. The highest BCUT2D eigenvalue weighted by molar-refractivity contribution is 5.94. The van der Waals surface area contributed by atoms with E-state index in [0.717, 1.165) is 44.1 Å². The molecule has 2 fully saturated rings. The summed E-state index contributed by atoms with van der Waals surface area (Å²) in [5.74, 6) is 0.949. The van der Waals surface area contributed by atoms with Crippen LogP contribution < -0.4 is 9.64 Å². The summed E-state index contributed by atoms with van der Waals surface area (Å²) in [6, 6.07) is 17.3. The summed E-state index contributed by atoms with van der Waals surface area (Å²) in [5, 5.41) is 8.91. The summed E-state index contributed by atoms with van der Waals surface area (Å²) in [5.41, 5.74) is 2.37. The Morgan fingerprint density at radius 2 is 1.56 bits per heavy atom. The Labute approximate surface area is 191 Å². The SMILES string of the molecule is N#Cc1ccc(C(=O)N2CCN(c3ccc(OCCCN4CCCCC4)cc3)CC2)cc1. The summed E-state index contributed by atoms with van der Waals surface area (Å²) >= 11 is 0. The smallest absolute Gasteiger partial charge is 0.253 e. The topological polar surface area (TPSA) is 59.8 Å². The van der Waals surface area contributed by atoms with Gasteiger partial charge in [-0.15, -0.1) is 0 Å². The second-order valence-electron chi connectivity index (χ2n) is 8.57. The molecule has 168 valence electrons. The second kappa shape index (κ2) is 11.0. The largest absolute Gasteiger partial charge is 0.494 e. The van der Waals surface area contributed by atoms with E-state index >= 15 is 0 Å². The summed E-state index contributed by atoms with van der Waals surface area (Å²) in [6.07, 6.45) is 5.11. The highest BCUT2D eigenvalue weighted by atomic mass is 16.5. The number of rotatable bonds is 7. The van der Waals surface area contributed by atoms with Crippen molar-refractivity contribution in [3.8, 4) is 11.8 Å². The molecule has 0 bridgehead atoms. The number of benzene rings is 2. The molecule has 0 spiro atoms. The Morgan fingerprint density at radius 1 is 0.875 bits per heavy atom. The third-order valence-corrected chi connectivity index (χ3v) is 6.37. The van der Waals surface area contributed by atoms with Crippen molar-refractivity contribution >= 4 is 11.6 Å². The zero-order valence-electron chi connectivity index (χ0n) is 18.7. The first kappa shape index (κ1) is 22.2. The zero-order chi connectivity index (χ0) is 22.2. The Balaban J connectivity index is 1.20. The van der Waals surface area contributed by atoms with E-state index in [1.165, 1.54) is 32.4 Å². The van der Waals surface area contributed by atoms with E-state index in [2.05, 4.69) is 28.0 Å². The van der Waals surface area contributed by atoms with Crippen molar-refractivity contribution in [2.75, 3.05) is 57.3 Å². The van der Waals surface area contributed by atoms with Crippen LogP contribution in [-0.4, -0.2) is 68.1 Å². The van der Waals surface area contributed by atoms with Crippen LogP contribution in [0.4, 0.5) is 5.69 Å². The monoisotopic (exact) mass is 432 g/mol. The number of likely N-dealkylation sites (tertiary alicyclic amines) is 1. The molecule has 1 amide bonds. The first-order valence-corrected chi connectivity index (χ1v) is 11.7. The van der Waals surface area contributed by atoms with Crippen LogP contribution >= 0.6 is 0 Å². The van der Waals surface area contributed by atoms with E-state index in [9.17, 15) is 4.79 Å². The van der Waals surface area contributed by atoms with Crippen molar-refractivity contribution in [2.24, 2.45) is 0 Å². The number of hydrogen-bond donors (Lipinski definition) is 0. The van der Waals surface area contributed by atoms with Crippen molar-refractivity contribution in [1.82, 2.24) is 9.80 Å². The summed E-state index contributed by atoms with van der Waals surface area (Å²) in [6.45, 7) is 7.34. The van der Waals surface area contributed by atoms with Gasteiger partial charge in [0, 0.05) is 44.0 Å². The van der Waals surface area contributed by atoms with Crippen LogP contribution in [0.2, 0.25) is 0 Å². The fourth-order valence-electron chi connectivity index (χ4n) is 4.45. The van der Waals surface area contributed by atoms with Crippen LogP contribution in [0.15, 0.2) is 48.5 Å². The van der Waals surface area contributed by atoms with E-state index in [0.29, 0.717) is 24.2 Å². The van der Waals surface area contributed by atoms with Crippen LogP contribution in [0, 0.1) is 11.3 Å². The van der Waals surface area contributed by atoms with Gasteiger partial charge in [-0.25, -0.2) is 0 Å². The van der Waals surface area contributed by atoms with Crippen LogP contribution in [0.25, 0.3) is 0 Å². The number of ether oxygens (including phenoxy) is 1. The molecule has 0 aromatic heterocycles. The predicted molar refractivity (Wildman–Crippen MR) is 126 cm³/mol.